The van der Waals surface area contributed by atoms with Gasteiger partial charge in [-0.25, -0.2) is 0 Å². The molecule has 2 aliphatic carbocycles. The molecule has 0 unspecified atom stereocenters. The highest BCUT2D eigenvalue weighted by Gasteiger charge is 2.31. The fourth-order valence-electron chi connectivity index (χ4n) is 4.39. The zero-order valence-corrected chi connectivity index (χ0v) is 14.6. The average molecular weight is 323 g/mol. The molecule has 1 aromatic carbocycles. The van der Waals surface area contributed by atoms with Gasteiger partial charge in [-0.2, -0.15) is 5.10 Å². The zero-order chi connectivity index (χ0) is 16.7. The molecule has 1 heterocycles. The van der Waals surface area contributed by atoms with Crippen molar-refractivity contribution in [1.29, 1.82) is 0 Å². The summed E-state index contributed by atoms with van der Waals surface area (Å²) in [7, 11) is 3.87. The van der Waals surface area contributed by atoms with Gasteiger partial charge in [0.2, 0.25) is 0 Å². The third-order valence-corrected chi connectivity index (χ3v) is 5.65. The molecule has 126 valence electrons. The largest absolute Gasteiger partial charge is 0.333 e. The quantitative estimate of drug-likeness (QED) is 0.849. The topological polar surface area (TPSA) is 38.1 Å². The number of carbonyl (C=O) groups is 1. The van der Waals surface area contributed by atoms with Crippen molar-refractivity contribution < 1.29 is 4.79 Å². The van der Waals surface area contributed by atoms with E-state index < -0.39 is 0 Å². The van der Waals surface area contributed by atoms with Gasteiger partial charge in [0.05, 0.1) is 11.7 Å². The lowest BCUT2D eigenvalue weighted by atomic mass is 9.86. The molecule has 1 atom stereocenters. The van der Waals surface area contributed by atoms with E-state index in [4.69, 9.17) is 0 Å². The SMILES string of the molecule is CN(C(=O)c1c2c(nn1C)CCCC2)[C@@H]1CCCc2ccccc21. The first-order valence-corrected chi connectivity index (χ1v) is 9.06. The van der Waals surface area contributed by atoms with Crippen LogP contribution in [0.25, 0.3) is 0 Å². The molecule has 0 radical (unpaired) electrons. The molecular weight excluding hydrogens is 298 g/mol. The van der Waals surface area contributed by atoms with Crippen LogP contribution in [0, 0.1) is 0 Å². The van der Waals surface area contributed by atoms with Crippen molar-refractivity contribution in [2.45, 2.75) is 51.0 Å². The third kappa shape index (κ3) is 2.45. The van der Waals surface area contributed by atoms with E-state index in [1.807, 2.05) is 23.7 Å². The Bertz CT molecular complexity index is 777. The standard InChI is InChI=1S/C20H25N3O/c1-22(18-13-7-9-14-8-3-4-10-15(14)18)20(24)19-16-11-5-6-12-17(16)21-23(19)2/h3-4,8,10,18H,5-7,9,11-13H2,1-2H3/t18-/m1/s1. The Morgan fingerprint density at radius 3 is 2.83 bits per heavy atom. The van der Waals surface area contributed by atoms with Crippen LogP contribution in [-0.2, 0) is 26.3 Å². The summed E-state index contributed by atoms with van der Waals surface area (Å²) in [5.74, 6) is 0.120. The van der Waals surface area contributed by atoms with Crippen LogP contribution in [-0.4, -0.2) is 27.6 Å². The Morgan fingerprint density at radius 2 is 1.96 bits per heavy atom. The van der Waals surface area contributed by atoms with E-state index in [-0.39, 0.29) is 11.9 Å². The summed E-state index contributed by atoms with van der Waals surface area (Å²) in [6, 6.07) is 8.74. The predicted molar refractivity (Wildman–Crippen MR) is 94.1 cm³/mol. The monoisotopic (exact) mass is 323 g/mol. The van der Waals surface area contributed by atoms with Crippen molar-refractivity contribution in [1.82, 2.24) is 14.7 Å². The maximum atomic E-state index is 13.3. The van der Waals surface area contributed by atoms with Gasteiger partial charge in [-0.15, -0.1) is 0 Å². The fourth-order valence-corrected chi connectivity index (χ4v) is 4.39. The number of hydrogen-bond donors (Lipinski definition) is 0. The summed E-state index contributed by atoms with van der Waals surface area (Å²) in [5, 5.41) is 4.61. The Hall–Kier alpha value is -2.10. The van der Waals surface area contributed by atoms with Crippen molar-refractivity contribution in [2.24, 2.45) is 7.05 Å². The zero-order valence-electron chi connectivity index (χ0n) is 14.6. The second-order valence-electron chi connectivity index (χ2n) is 7.13. The van der Waals surface area contributed by atoms with Gasteiger partial charge in [-0.3, -0.25) is 9.48 Å². The molecule has 2 aromatic rings. The molecule has 0 saturated carbocycles. The van der Waals surface area contributed by atoms with Crippen molar-refractivity contribution >= 4 is 5.91 Å². The lowest BCUT2D eigenvalue weighted by Gasteiger charge is -2.33. The molecule has 0 spiro atoms. The van der Waals surface area contributed by atoms with Crippen LogP contribution < -0.4 is 0 Å². The van der Waals surface area contributed by atoms with Gasteiger partial charge in [-0.1, -0.05) is 24.3 Å². The molecule has 0 fully saturated rings. The lowest BCUT2D eigenvalue weighted by Crippen LogP contribution is -2.35. The molecule has 0 bridgehead atoms. The minimum absolute atomic E-state index is 0.120. The first-order valence-electron chi connectivity index (χ1n) is 9.06. The van der Waals surface area contributed by atoms with Crippen LogP contribution in [0.4, 0.5) is 0 Å². The Balaban J connectivity index is 1.68. The van der Waals surface area contributed by atoms with Gasteiger partial charge in [0.25, 0.3) is 5.91 Å². The summed E-state index contributed by atoms with van der Waals surface area (Å²) in [6.07, 6.45) is 7.64. The van der Waals surface area contributed by atoms with Crippen LogP contribution in [0.1, 0.15) is 64.6 Å². The van der Waals surface area contributed by atoms with Gasteiger partial charge in [0.15, 0.2) is 0 Å². The normalized spacial score (nSPS) is 19.5. The number of aryl methyl sites for hydroxylation is 3. The molecule has 0 aliphatic heterocycles. The lowest BCUT2D eigenvalue weighted by molar-refractivity contribution is 0.0702. The van der Waals surface area contributed by atoms with E-state index in [0.717, 1.165) is 49.9 Å². The van der Waals surface area contributed by atoms with Crippen LogP contribution in [0.15, 0.2) is 24.3 Å². The summed E-state index contributed by atoms with van der Waals surface area (Å²) in [4.78, 5) is 15.2. The van der Waals surface area contributed by atoms with Crippen LogP contribution in [0.5, 0.6) is 0 Å². The second-order valence-corrected chi connectivity index (χ2v) is 7.13. The minimum Gasteiger partial charge on any atom is -0.333 e. The second kappa shape index (κ2) is 6.08. The van der Waals surface area contributed by atoms with Crippen LogP contribution in [0.2, 0.25) is 0 Å². The van der Waals surface area contributed by atoms with E-state index in [9.17, 15) is 4.79 Å². The van der Waals surface area contributed by atoms with Crippen molar-refractivity contribution in [3.8, 4) is 0 Å². The van der Waals surface area contributed by atoms with E-state index in [1.54, 1.807) is 0 Å². The highest BCUT2D eigenvalue weighted by Crippen LogP contribution is 2.35. The highest BCUT2D eigenvalue weighted by atomic mass is 16.2. The van der Waals surface area contributed by atoms with Gasteiger partial charge in [0.1, 0.15) is 5.69 Å². The summed E-state index contributed by atoms with van der Waals surface area (Å²) in [6.45, 7) is 0. The number of benzene rings is 1. The van der Waals surface area contributed by atoms with Gasteiger partial charge in [-0.05, 0) is 56.1 Å². The molecule has 0 saturated heterocycles. The molecular formula is C20H25N3O. The van der Waals surface area contributed by atoms with Gasteiger partial charge >= 0.3 is 0 Å². The molecule has 1 aromatic heterocycles. The smallest absolute Gasteiger partial charge is 0.272 e. The number of amides is 1. The van der Waals surface area contributed by atoms with Crippen molar-refractivity contribution in [3.05, 3.63) is 52.3 Å². The predicted octanol–water partition coefficient (Wildman–Crippen LogP) is 3.45. The Kier molecular flexibility index (Phi) is 3.91. The van der Waals surface area contributed by atoms with Crippen LogP contribution in [0.3, 0.4) is 0 Å². The first-order chi connectivity index (χ1) is 11.7. The number of fused-ring (bicyclic) bond motifs is 2. The number of aromatic nitrogens is 2. The first kappa shape index (κ1) is 15.4. The molecule has 4 rings (SSSR count). The van der Waals surface area contributed by atoms with E-state index in [1.165, 1.54) is 23.1 Å². The van der Waals surface area contributed by atoms with Crippen molar-refractivity contribution in [3.63, 3.8) is 0 Å². The highest BCUT2D eigenvalue weighted by molar-refractivity contribution is 5.94. The van der Waals surface area contributed by atoms with Gasteiger partial charge in [0, 0.05) is 19.7 Å². The van der Waals surface area contributed by atoms with Gasteiger partial charge < -0.3 is 4.90 Å². The van der Waals surface area contributed by atoms with Crippen LogP contribution >= 0.6 is 0 Å². The third-order valence-electron chi connectivity index (χ3n) is 5.65. The number of rotatable bonds is 2. The number of hydrogen-bond acceptors (Lipinski definition) is 2. The number of nitrogens with zero attached hydrogens (tertiary/aromatic N) is 3. The molecule has 4 nitrogen and oxygen atoms in total. The van der Waals surface area contributed by atoms with E-state index in [2.05, 4.69) is 29.4 Å². The molecule has 4 heteroatoms. The maximum absolute atomic E-state index is 13.3. The molecule has 1 amide bonds. The summed E-state index contributed by atoms with van der Waals surface area (Å²) in [5.41, 5.74) is 5.82. The van der Waals surface area contributed by atoms with Crippen molar-refractivity contribution in [2.75, 3.05) is 7.05 Å². The van der Waals surface area contributed by atoms with E-state index in [0.29, 0.717) is 0 Å². The maximum Gasteiger partial charge on any atom is 0.272 e. The fraction of sp³-hybridized carbons (Fsp3) is 0.500. The number of carbonyl (C=O) groups excluding carboxylic acids is 1. The molecule has 2 aliphatic rings. The Morgan fingerprint density at radius 1 is 1.17 bits per heavy atom. The Labute approximate surface area is 143 Å². The average Bonchev–Trinajstić information content (AvgIpc) is 2.95. The molecule has 24 heavy (non-hydrogen) atoms. The summed E-state index contributed by atoms with van der Waals surface area (Å²) < 4.78 is 1.81. The minimum atomic E-state index is 0.120. The summed E-state index contributed by atoms with van der Waals surface area (Å²) >= 11 is 0. The van der Waals surface area contributed by atoms with E-state index >= 15 is 0 Å². The molecule has 0 N–H and O–H groups in total.